The second kappa shape index (κ2) is 9.82. The van der Waals surface area contributed by atoms with Crippen LogP contribution >= 0.6 is 0 Å². The lowest BCUT2D eigenvalue weighted by Crippen LogP contribution is -2.46. The quantitative estimate of drug-likeness (QED) is 0.386. The van der Waals surface area contributed by atoms with E-state index in [-0.39, 0.29) is 47.7 Å². The number of aryl methyl sites for hydroxylation is 1. The van der Waals surface area contributed by atoms with Gasteiger partial charge in [-0.25, -0.2) is 14.8 Å². The Labute approximate surface area is 221 Å². The molecule has 2 unspecified atom stereocenters. The molecule has 3 aliphatic rings. The third-order valence-electron chi connectivity index (χ3n) is 7.58. The van der Waals surface area contributed by atoms with Crippen molar-refractivity contribution in [3.63, 3.8) is 0 Å². The number of piperidine rings is 1. The van der Waals surface area contributed by atoms with E-state index in [2.05, 4.69) is 24.8 Å². The van der Waals surface area contributed by atoms with Crippen molar-refractivity contribution >= 4 is 11.9 Å². The van der Waals surface area contributed by atoms with Crippen LogP contribution in [0.15, 0.2) is 34.9 Å². The number of fused-ring (bicyclic) bond motifs is 2. The van der Waals surface area contributed by atoms with E-state index >= 15 is 0 Å². The number of carboxylic acid groups (broad SMARTS) is 1. The second-order valence-electron chi connectivity index (χ2n) is 10.4. The van der Waals surface area contributed by atoms with E-state index in [0.29, 0.717) is 41.5 Å². The molecule has 1 saturated carbocycles. The van der Waals surface area contributed by atoms with E-state index < -0.39 is 12.3 Å². The molecule has 6 rings (SSSR count). The van der Waals surface area contributed by atoms with Crippen molar-refractivity contribution in [1.29, 1.82) is 0 Å². The van der Waals surface area contributed by atoms with Gasteiger partial charge in [0.1, 0.15) is 17.2 Å². The zero-order chi connectivity index (χ0) is 27.3. The van der Waals surface area contributed by atoms with E-state index in [0.717, 1.165) is 25.7 Å². The monoisotopic (exact) mass is 544 g/mol. The van der Waals surface area contributed by atoms with Crippen LogP contribution in [0.5, 0.6) is 5.75 Å². The number of alkyl halides is 3. The van der Waals surface area contributed by atoms with Crippen LogP contribution in [0, 0.1) is 6.92 Å². The highest BCUT2D eigenvalue weighted by molar-refractivity contribution is 5.85. The molecule has 3 aromatic rings. The van der Waals surface area contributed by atoms with Gasteiger partial charge >= 0.3 is 12.3 Å². The van der Waals surface area contributed by atoms with Gasteiger partial charge in [0.05, 0.1) is 12.7 Å². The minimum absolute atomic E-state index is 0.0300. The summed E-state index contributed by atoms with van der Waals surface area (Å²) in [5, 5.41) is 13.6. The second-order valence-corrected chi connectivity index (χ2v) is 10.4. The summed E-state index contributed by atoms with van der Waals surface area (Å²) in [5.41, 5.74) is 1.71. The summed E-state index contributed by atoms with van der Waals surface area (Å²) in [5.74, 6) is -0.170. The maximum absolute atomic E-state index is 13.1. The molecule has 9 nitrogen and oxygen atoms in total. The fourth-order valence-corrected chi connectivity index (χ4v) is 5.78. The molecule has 1 N–H and O–H groups in total. The Morgan fingerprint density at radius 3 is 2.51 bits per heavy atom. The normalized spacial score (nSPS) is 22.8. The predicted molar refractivity (Wildman–Crippen MR) is 131 cm³/mol. The minimum atomic E-state index is -4.84. The van der Waals surface area contributed by atoms with Crippen molar-refractivity contribution in [2.75, 3.05) is 4.90 Å². The molecule has 0 amide bonds. The zero-order valence-electron chi connectivity index (χ0n) is 21.1. The molecule has 39 heavy (non-hydrogen) atoms. The first kappa shape index (κ1) is 25.6. The number of nitrogens with zero attached hydrogens (tertiary/aromatic N) is 4. The number of anilines is 1. The van der Waals surface area contributed by atoms with E-state index in [4.69, 9.17) is 9.26 Å². The van der Waals surface area contributed by atoms with Crippen LogP contribution in [0.4, 0.5) is 19.1 Å². The summed E-state index contributed by atoms with van der Waals surface area (Å²) >= 11 is 0. The van der Waals surface area contributed by atoms with Gasteiger partial charge in [-0.15, -0.1) is 13.2 Å². The van der Waals surface area contributed by atoms with E-state index in [1.54, 1.807) is 13.0 Å². The van der Waals surface area contributed by atoms with E-state index in [1.807, 2.05) is 0 Å². The third kappa shape index (κ3) is 5.29. The zero-order valence-corrected chi connectivity index (χ0v) is 21.1. The molecule has 2 saturated heterocycles. The van der Waals surface area contributed by atoms with Crippen molar-refractivity contribution in [1.82, 2.24) is 15.1 Å². The molecule has 3 fully saturated rings. The number of benzene rings is 1. The summed E-state index contributed by atoms with van der Waals surface area (Å²) in [7, 11) is 0. The Bertz CT molecular complexity index is 1380. The predicted octanol–water partition coefficient (Wildman–Crippen LogP) is 5.63. The molecule has 2 aromatic heterocycles. The van der Waals surface area contributed by atoms with Crippen LogP contribution in [0.2, 0.25) is 0 Å². The number of hydrogen-bond donors (Lipinski definition) is 1. The summed E-state index contributed by atoms with van der Waals surface area (Å²) < 4.78 is 55.4. The van der Waals surface area contributed by atoms with Gasteiger partial charge in [0.15, 0.2) is 5.69 Å². The lowest BCUT2D eigenvalue weighted by molar-refractivity contribution is -0.274. The standard InChI is InChI=1S/C27H27F3N4O5/c1-14-10-21(25(35)36)32-26(31-14)34-16-8-9-17(34)12-18(11-16)37-13-20-23(33-39-24(20)15-6-7-15)19-4-2-3-5-22(19)38-27(28,29)30/h2-5,10,15-18H,6-9,11-13H2,1H3,(H,35,36)/t16-,17?,18?/m0/s1. The molecule has 206 valence electrons. The largest absolute Gasteiger partial charge is 0.573 e. The maximum Gasteiger partial charge on any atom is 0.573 e. The fraction of sp³-hybridized carbons (Fsp3) is 0.481. The number of aromatic nitrogens is 3. The van der Waals surface area contributed by atoms with Crippen molar-refractivity contribution < 1.29 is 37.1 Å². The van der Waals surface area contributed by atoms with Crippen LogP contribution in [0.1, 0.15) is 71.9 Å². The topological polar surface area (TPSA) is 111 Å². The summed E-state index contributed by atoms with van der Waals surface area (Å²) in [6.45, 7) is 1.90. The Hall–Kier alpha value is -3.67. The van der Waals surface area contributed by atoms with E-state index in [9.17, 15) is 23.1 Å². The first-order valence-corrected chi connectivity index (χ1v) is 13.0. The van der Waals surface area contributed by atoms with Crippen LogP contribution in [0.3, 0.4) is 0 Å². The first-order valence-electron chi connectivity index (χ1n) is 13.0. The lowest BCUT2D eigenvalue weighted by atomic mass is 9.99. The van der Waals surface area contributed by atoms with Crippen LogP contribution in [-0.2, 0) is 11.3 Å². The molecular weight excluding hydrogens is 517 g/mol. The molecule has 0 radical (unpaired) electrons. The Morgan fingerprint density at radius 1 is 1.13 bits per heavy atom. The van der Waals surface area contributed by atoms with Crippen LogP contribution < -0.4 is 9.64 Å². The number of aromatic carboxylic acids is 1. The number of para-hydroxylation sites is 1. The van der Waals surface area contributed by atoms with Gasteiger partial charge in [-0.1, -0.05) is 17.3 Å². The molecule has 4 heterocycles. The average Bonchev–Trinajstić information content (AvgIpc) is 3.58. The van der Waals surface area contributed by atoms with Gasteiger partial charge in [-0.3, -0.25) is 0 Å². The Morgan fingerprint density at radius 2 is 1.85 bits per heavy atom. The molecular formula is C27H27F3N4O5. The van der Waals surface area contributed by atoms with Gasteiger partial charge in [0, 0.05) is 34.8 Å². The van der Waals surface area contributed by atoms with Gasteiger partial charge in [0.25, 0.3) is 0 Å². The van der Waals surface area contributed by atoms with Crippen molar-refractivity contribution in [3.05, 3.63) is 53.0 Å². The van der Waals surface area contributed by atoms with Gasteiger partial charge in [-0.2, -0.15) is 0 Å². The minimum Gasteiger partial charge on any atom is -0.477 e. The summed E-state index contributed by atoms with van der Waals surface area (Å²) in [4.78, 5) is 22.4. The fourth-order valence-electron chi connectivity index (χ4n) is 5.78. The maximum atomic E-state index is 13.1. The average molecular weight is 545 g/mol. The Kier molecular flexibility index (Phi) is 6.44. The van der Waals surface area contributed by atoms with Gasteiger partial charge < -0.3 is 24.0 Å². The molecule has 1 aliphatic carbocycles. The Balaban J connectivity index is 1.21. The third-order valence-corrected chi connectivity index (χ3v) is 7.58. The number of carbonyl (C=O) groups is 1. The number of rotatable bonds is 8. The number of halogens is 3. The highest BCUT2D eigenvalue weighted by Crippen LogP contribution is 2.46. The molecule has 0 spiro atoms. The van der Waals surface area contributed by atoms with Crippen LogP contribution in [-0.4, -0.2) is 50.8 Å². The lowest BCUT2D eigenvalue weighted by Gasteiger charge is -2.39. The summed E-state index contributed by atoms with van der Waals surface area (Å²) in [6.07, 6.45) is 0.150. The highest BCUT2D eigenvalue weighted by atomic mass is 19.4. The number of hydrogen-bond acceptors (Lipinski definition) is 8. The highest BCUT2D eigenvalue weighted by Gasteiger charge is 2.43. The number of carboxylic acids is 1. The smallest absolute Gasteiger partial charge is 0.477 e. The molecule has 2 bridgehead atoms. The van der Waals surface area contributed by atoms with Crippen molar-refractivity contribution in [2.45, 2.75) is 82.5 Å². The molecule has 2 aliphatic heterocycles. The van der Waals surface area contributed by atoms with Crippen molar-refractivity contribution in [3.8, 4) is 17.0 Å². The van der Waals surface area contributed by atoms with Crippen LogP contribution in [0.25, 0.3) is 11.3 Å². The first-order chi connectivity index (χ1) is 18.7. The SMILES string of the molecule is Cc1cc(C(=O)O)nc(N2C3CC[C@H]2CC(OCc2c(-c4ccccc4OC(F)(F)F)noc2C2CC2)C3)n1. The van der Waals surface area contributed by atoms with Gasteiger partial charge in [0.2, 0.25) is 5.95 Å². The van der Waals surface area contributed by atoms with E-state index in [1.165, 1.54) is 24.3 Å². The molecule has 3 atom stereocenters. The molecule has 1 aromatic carbocycles. The number of ether oxygens (including phenoxy) is 2. The molecule has 12 heteroatoms. The van der Waals surface area contributed by atoms with Gasteiger partial charge in [-0.05, 0) is 63.6 Å². The summed E-state index contributed by atoms with van der Waals surface area (Å²) in [6, 6.07) is 7.55. The van der Waals surface area contributed by atoms with Crippen molar-refractivity contribution in [2.24, 2.45) is 0 Å².